The summed E-state index contributed by atoms with van der Waals surface area (Å²) >= 11 is 3.32. The number of hydrogen-bond donors (Lipinski definition) is 2. The number of anilines is 1. The lowest BCUT2D eigenvalue weighted by Crippen LogP contribution is -2.23. The van der Waals surface area contributed by atoms with Gasteiger partial charge in [-0.3, -0.25) is 0 Å². The predicted octanol–water partition coefficient (Wildman–Crippen LogP) is 3.49. The van der Waals surface area contributed by atoms with E-state index in [-0.39, 0.29) is 6.03 Å². The molecule has 2 N–H and O–H groups in total. The summed E-state index contributed by atoms with van der Waals surface area (Å²) in [6.07, 6.45) is 4.41. The monoisotopic (exact) mass is 268 g/mol. The van der Waals surface area contributed by atoms with Crippen molar-refractivity contribution in [2.24, 2.45) is 0 Å². The van der Waals surface area contributed by atoms with Gasteiger partial charge in [0.05, 0.1) is 0 Å². The molecule has 1 aromatic carbocycles. The molecule has 0 spiro atoms. The van der Waals surface area contributed by atoms with Gasteiger partial charge in [0.25, 0.3) is 0 Å². The van der Waals surface area contributed by atoms with E-state index in [1.165, 1.54) is 0 Å². The Hall–Kier alpha value is -1.29. The number of allylic oxidation sites excluding steroid dienone is 1. The molecule has 15 heavy (non-hydrogen) atoms. The van der Waals surface area contributed by atoms with Crippen LogP contribution in [0.2, 0.25) is 0 Å². The number of urea groups is 1. The van der Waals surface area contributed by atoms with E-state index in [4.69, 9.17) is 0 Å². The van der Waals surface area contributed by atoms with Gasteiger partial charge in [-0.1, -0.05) is 28.9 Å². The van der Waals surface area contributed by atoms with E-state index < -0.39 is 0 Å². The molecule has 4 heteroatoms. The van der Waals surface area contributed by atoms with Gasteiger partial charge in [-0.15, -0.1) is 0 Å². The molecule has 1 aromatic rings. The van der Waals surface area contributed by atoms with E-state index in [2.05, 4.69) is 26.6 Å². The third-order valence-corrected chi connectivity index (χ3v) is 2.20. The molecule has 0 radical (unpaired) electrons. The number of benzene rings is 1. The molecule has 1 rings (SSSR count). The Bertz CT molecular complexity index is 346. The van der Waals surface area contributed by atoms with Gasteiger partial charge in [0.15, 0.2) is 0 Å². The van der Waals surface area contributed by atoms with Gasteiger partial charge in [0.2, 0.25) is 0 Å². The molecule has 2 amide bonds. The Morgan fingerprint density at radius 2 is 2.07 bits per heavy atom. The molecule has 0 saturated heterocycles. The minimum absolute atomic E-state index is 0.234. The summed E-state index contributed by atoms with van der Waals surface area (Å²) in [4.78, 5) is 11.3. The molecule has 0 heterocycles. The van der Waals surface area contributed by atoms with E-state index in [9.17, 15) is 4.79 Å². The summed E-state index contributed by atoms with van der Waals surface area (Å²) in [6.45, 7) is 2.00. The first-order valence-electron chi connectivity index (χ1n) is 4.70. The summed E-state index contributed by atoms with van der Waals surface area (Å²) in [5.74, 6) is 0. The lowest BCUT2D eigenvalue weighted by atomic mass is 10.3. The van der Waals surface area contributed by atoms with Gasteiger partial charge in [-0.25, -0.2) is 4.79 Å². The van der Waals surface area contributed by atoms with Crippen molar-refractivity contribution in [2.45, 2.75) is 13.3 Å². The lowest BCUT2D eigenvalue weighted by Gasteiger charge is -2.03. The predicted molar refractivity (Wildman–Crippen MR) is 65.7 cm³/mol. The molecule has 0 unspecified atom stereocenters. The highest BCUT2D eigenvalue weighted by Crippen LogP contribution is 2.13. The van der Waals surface area contributed by atoms with Crippen LogP contribution in [0.5, 0.6) is 0 Å². The molecule has 0 aliphatic rings. The van der Waals surface area contributed by atoms with E-state index in [0.29, 0.717) is 0 Å². The Kier molecular flexibility index (Phi) is 4.90. The SMILES string of the molecule is CC/C=C/NC(=O)Nc1ccc(Br)cc1. The number of rotatable bonds is 3. The second-order valence-corrected chi connectivity index (χ2v) is 3.83. The number of nitrogens with one attached hydrogen (secondary N) is 2. The number of hydrogen-bond acceptors (Lipinski definition) is 1. The third-order valence-electron chi connectivity index (χ3n) is 1.67. The van der Waals surface area contributed by atoms with Crippen molar-refractivity contribution in [1.29, 1.82) is 0 Å². The van der Waals surface area contributed by atoms with Crippen molar-refractivity contribution in [1.82, 2.24) is 5.32 Å². The highest BCUT2D eigenvalue weighted by molar-refractivity contribution is 9.10. The second-order valence-electron chi connectivity index (χ2n) is 2.92. The molecule has 0 saturated carbocycles. The molecule has 0 bridgehead atoms. The van der Waals surface area contributed by atoms with Crippen LogP contribution in [0, 0.1) is 0 Å². The zero-order valence-corrected chi connectivity index (χ0v) is 10.0. The molecular formula is C11H13BrN2O. The van der Waals surface area contributed by atoms with Crippen molar-refractivity contribution in [3.05, 3.63) is 41.0 Å². The van der Waals surface area contributed by atoms with Gasteiger partial charge < -0.3 is 10.6 Å². The van der Waals surface area contributed by atoms with Gasteiger partial charge in [0, 0.05) is 16.4 Å². The smallest absolute Gasteiger partial charge is 0.315 e. The standard InChI is InChI=1S/C11H13BrN2O/c1-2-3-8-13-11(15)14-10-6-4-9(12)5-7-10/h3-8H,2H2,1H3,(H2,13,14,15)/b8-3+. The fourth-order valence-corrected chi connectivity index (χ4v) is 1.22. The van der Waals surface area contributed by atoms with Crippen LogP contribution in [0.1, 0.15) is 13.3 Å². The van der Waals surface area contributed by atoms with Crippen LogP contribution in [0.3, 0.4) is 0 Å². The van der Waals surface area contributed by atoms with Crippen molar-refractivity contribution < 1.29 is 4.79 Å². The number of halogens is 1. The number of amides is 2. The van der Waals surface area contributed by atoms with Crippen LogP contribution in [0.15, 0.2) is 41.0 Å². The Morgan fingerprint density at radius 1 is 1.40 bits per heavy atom. The van der Waals surface area contributed by atoms with Crippen LogP contribution < -0.4 is 10.6 Å². The number of carbonyl (C=O) groups excluding carboxylic acids is 1. The maximum atomic E-state index is 11.3. The minimum Gasteiger partial charge on any atom is -0.315 e. The summed E-state index contributed by atoms with van der Waals surface area (Å²) in [5, 5.41) is 5.31. The molecule has 0 aliphatic heterocycles. The molecule has 80 valence electrons. The van der Waals surface area contributed by atoms with Gasteiger partial charge in [-0.2, -0.15) is 0 Å². The fraction of sp³-hybridized carbons (Fsp3) is 0.182. The average molecular weight is 269 g/mol. The van der Waals surface area contributed by atoms with Gasteiger partial charge >= 0.3 is 6.03 Å². The van der Waals surface area contributed by atoms with Crippen molar-refractivity contribution in [3.8, 4) is 0 Å². The third kappa shape index (κ3) is 4.65. The fourth-order valence-electron chi connectivity index (χ4n) is 0.953. The second kappa shape index (κ2) is 6.24. The summed E-state index contributed by atoms with van der Waals surface area (Å²) in [6, 6.07) is 7.16. The number of carbonyl (C=O) groups is 1. The Balaban J connectivity index is 2.44. The van der Waals surface area contributed by atoms with E-state index in [0.717, 1.165) is 16.6 Å². The van der Waals surface area contributed by atoms with Gasteiger partial charge in [0.1, 0.15) is 0 Å². The summed E-state index contributed by atoms with van der Waals surface area (Å²) in [7, 11) is 0. The highest BCUT2D eigenvalue weighted by atomic mass is 79.9. The van der Waals surface area contributed by atoms with Crippen molar-refractivity contribution >= 4 is 27.6 Å². The van der Waals surface area contributed by atoms with Crippen molar-refractivity contribution in [2.75, 3.05) is 5.32 Å². The molecule has 0 aliphatic carbocycles. The van der Waals surface area contributed by atoms with E-state index >= 15 is 0 Å². The lowest BCUT2D eigenvalue weighted by molar-refractivity contribution is 0.255. The Morgan fingerprint density at radius 3 is 2.67 bits per heavy atom. The average Bonchev–Trinajstić information content (AvgIpc) is 2.22. The van der Waals surface area contributed by atoms with Crippen LogP contribution in [0.4, 0.5) is 10.5 Å². The molecule has 0 aromatic heterocycles. The van der Waals surface area contributed by atoms with E-state index in [1.807, 2.05) is 37.3 Å². The summed E-state index contributed by atoms with van der Waals surface area (Å²) in [5.41, 5.74) is 0.764. The van der Waals surface area contributed by atoms with Crippen LogP contribution >= 0.6 is 15.9 Å². The quantitative estimate of drug-likeness (QED) is 0.866. The molecule has 3 nitrogen and oxygen atoms in total. The summed E-state index contributed by atoms with van der Waals surface area (Å²) < 4.78 is 0.985. The zero-order valence-electron chi connectivity index (χ0n) is 8.46. The maximum Gasteiger partial charge on any atom is 0.323 e. The first kappa shape index (κ1) is 11.8. The van der Waals surface area contributed by atoms with Gasteiger partial charge in [-0.05, 0) is 30.7 Å². The molecule has 0 atom stereocenters. The first-order valence-corrected chi connectivity index (χ1v) is 5.49. The molecule has 0 fully saturated rings. The molecular weight excluding hydrogens is 256 g/mol. The Labute approximate surface area is 97.7 Å². The van der Waals surface area contributed by atoms with E-state index in [1.54, 1.807) is 6.20 Å². The topological polar surface area (TPSA) is 41.1 Å². The highest BCUT2D eigenvalue weighted by Gasteiger charge is 1.97. The van der Waals surface area contributed by atoms with Crippen molar-refractivity contribution in [3.63, 3.8) is 0 Å². The zero-order chi connectivity index (χ0) is 11.1. The van der Waals surface area contributed by atoms with Crippen LogP contribution in [-0.4, -0.2) is 6.03 Å². The maximum absolute atomic E-state index is 11.3. The van der Waals surface area contributed by atoms with Crippen LogP contribution in [-0.2, 0) is 0 Å². The van der Waals surface area contributed by atoms with Crippen LogP contribution in [0.25, 0.3) is 0 Å². The largest absolute Gasteiger partial charge is 0.323 e. The normalized spacial score (nSPS) is 10.3. The first-order chi connectivity index (χ1) is 7.22. The minimum atomic E-state index is -0.234.